The molecule has 1 aromatic carbocycles. The molecule has 0 atom stereocenters. The summed E-state index contributed by atoms with van der Waals surface area (Å²) >= 11 is 0. The van der Waals surface area contributed by atoms with Crippen molar-refractivity contribution in [3.63, 3.8) is 0 Å². The Balaban J connectivity index is 1.75. The molecule has 0 unspecified atom stereocenters. The van der Waals surface area contributed by atoms with Crippen molar-refractivity contribution < 1.29 is 14.6 Å². The Morgan fingerprint density at radius 3 is 2.75 bits per heavy atom. The number of rotatable bonds is 4. The number of nitrogens with one attached hydrogen (secondary N) is 1. The maximum absolute atomic E-state index is 10.8. The van der Waals surface area contributed by atoms with Crippen LogP contribution in [-0.4, -0.2) is 39.6 Å². The van der Waals surface area contributed by atoms with E-state index in [0.29, 0.717) is 0 Å². The summed E-state index contributed by atoms with van der Waals surface area (Å²) in [4.78, 5) is 17.8. The number of hydrogen-bond acceptors (Lipinski definition) is 5. The number of ether oxygens (including phenoxy) is 1. The zero-order valence-electron chi connectivity index (χ0n) is 15.9. The largest absolute Gasteiger partial charge is 0.497 e. The molecule has 0 fully saturated rings. The van der Waals surface area contributed by atoms with Gasteiger partial charge in [0.2, 0.25) is 0 Å². The van der Waals surface area contributed by atoms with E-state index in [0.717, 1.165) is 52.7 Å². The van der Waals surface area contributed by atoms with E-state index >= 15 is 0 Å². The Hall–Kier alpha value is -3.55. The number of benzene rings is 1. The lowest BCUT2D eigenvalue weighted by Crippen LogP contribution is -2.16. The van der Waals surface area contributed by atoms with Crippen LogP contribution >= 0.6 is 0 Å². The molecule has 0 spiro atoms. The monoisotopic (exact) mass is 379 g/mol. The number of carbonyl (C=O) groups is 1. The fourth-order valence-electron chi connectivity index (χ4n) is 3.59. The van der Waals surface area contributed by atoms with Crippen molar-refractivity contribution in [2.75, 3.05) is 23.9 Å². The van der Waals surface area contributed by atoms with E-state index in [1.807, 2.05) is 25.1 Å². The first-order chi connectivity index (χ1) is 13.5. The van der Waals surface area contributed by atoms with Crippen LogP contribution < -0.4 is 15.0 Å². The molecule has 1 aliphatic heterocycles. The molecular formula is C20H21N5O3. The highest BCUT2D eigenvalue weighted by Gasteiger charge is 2.27. The van der Waals surface area contributed by atoms with Gasteiger partial charge >= 0.3 is 6.09 Å². The van der Waals surface area contributed by atoms with Crippen LogP contribution in [-0.2, 0) is 6.42 Å². The first kappa shape index (κ1) is 17.8. The van der Waals surface area contributed by atoms with E-state index < -0.39 is 6.09 Å². The molecule has 4 rings (SSSR count). The molecule has 8 heteroatoms. The van der Waals surface area contributed by atoms with Crippen molar-refractivity contribution in [3.8, 4) is 11.4 Å². The van der Waals surface area contributed by atoms with Gasteiger partial charge in [-0.3, -0.25) is 5.32 Å². The van der Waals surface area contributed by atoms with Gasteiger partial charge < -0.3 is 14.7 Å². The van der Waals surface area contributed by atoms with Crippen LogP contribution in [0.2, 0.25) is 0 Å². The molecule has 8 nitrogen and oxygen atoms in total. The molecule has 0 saturated heterocycles. The first-order valence-electron chi connectivity index (χ1n) is 8.95. The number of anilines is 3. The van der Waals surface area contributed by atoms with Crippen molar-refractivity contribution in [1.82, 2.24) is 14.8 Å². The van der Waals surface area contributed by atoms with E-state index in [-0.39, 0.29) is 5.82 Å². The van der Waals surface area contributed by atoms with E-state index in [2.05, 4.69) is 28.3 Å². The number of hydrogen-bond donors (Lipinski definition) is 2. The second-order valence-corrected chi connectivity index (χ2v) is 6.71. The number of amides is 1. The highest BCUT2D eigenvalue weighted by atomic mass is 16.5. The van der Waals surface area contributed by atoms with E-state index in [9.17, 15) is 4.79 Å². The summed E-state index contributed by atoms with van der Waals surface area (Å²) < 4.78 is 7.01. The highest BCUT2D eigenvalue weighted by Crippen LogP contribution is 2.38. The minimum Gasteiger partial charge on any atom is -0.497 e. The van der Waals surface area contributed by atoms with E-state index in [1.165, 1.54) is 0 Å². The predicted octanol–water partition coefficient (Wildman–Crippen LogP) is 3.68. The fraction of sp³-hybridized carbons (Fsp3) is 0.250. The summed E-state index contributed by atoms with van der Waals surface area (Å²) in [6.45, 7) is 4.82. The molecule has 1 amide bonds. The van der Waals surface area contributed by atoms with Gasteiger partial charge in [-0.25, -0.2) is 14.5 Å². The lowest BCUT2D eigenvalue weighted by Gasteiger charge is -2.22. The standard InChI is InChI=1S/C20H21N5O3/c1-12-10-14(28-3)4-5-16(12)24-8-6-15-17(11-13(2)21-19(15)24)25-9-7-18(23-25)22-20(26)27/h4-5,7,9-11H,6,8H2,1-3H3,(H,22,23)(H,26,27). The zero-order valence-corrected chi connectivity index (χ0v) is 15.9. The maximum Gasteiger partial charge on any atom is 0.410 e. The molecule has 0 bridgehead atoms. The lowest BCUT2D eigenvalue weighted by atomic mass is 10.1. The number of nitrogens with zero attached hydrogens (tertiary/aromatic N) is 4. The van der Waals surface area contributed by atoms with Crippen LogP contribution in [0, 0.1) is 13.8 Å². The molecule has 144 valence electrons. The van der Waals surface area contributed by atoms with Crippen molar-refractivity contribution in [3.05, 3.63) is 53.3 Å². The van der Waals surface area contributed by atoms with Gasteiger partial charge in [0.25, 0.3) is 0 Å². The van der Waals surface area contributed by atoms with Crippen LogP contribution in [0.4, 0.5) is 22.1 Å². The minimum atomic E-state index is -1.14. The summed E-state index contributed by atoms with van der Waals surface area (Å²) in [6.07, 6.45) is 1.44. The summed E-state index contributed by atoms with van der Waals surface area (Å²) in [5.41, 5.74) is 5.08. The van der Waals surface area contributed by atoms with Gasteiger partial charge in [-0.05, 0) is 50.1 Å². The minimum absolute atomic E-state index is 0.288. The highest BCUT2D eigenvalue weighted by molar-refractivity contribution is 5.81. The van der Waals surface area contributed by atoms with Crippen molar-refractivity contribution >= 4 is 23.4 Å². The lowest BCUT2D eigenvalue weighted by molar-refractivity contribution is 0.209. The Morgan fingerprint density at radius 1 is 1.21 bits per heavy atom. The van der Waals surface area contributed by atoms with Crippen LogP contribution in [0.25, 0.3) is 5.69 Å². The SMILES string of the molecule is COc1ccc(N2CCc3c(-n4ccc(NC(=O)O)n4)cc(C)nc32)c(C)c1. The Kier molecular flexibility index (Phi) is 4.38. The Morgan fingerprint density at radius 2 is 2.04 bits per heavy atom. The van der Waals surface area contributed by atoms with E-state index in [1.54, 1.807) is 24.1 Å². The maximum atomic E-state index is 10.8. The number of fused-ring (bicyclic) bond motifs is 1. The molecule has 1 aliphatic rings. The van der Waals surface area contributed by atoms with Gasteiger partial charge in [-0.15, -0.1) is 5.10 Å². The molecule has 28 heavy (non-hydrogen) atoms. The van der Waals surface area contributed by atoms with Crippen molar-refractivity contribution in [1.29, 1.82) is 0 Å². The topological polar surface area (TPSA) is 92.5 Å². The number of aryl methyl sites for hydroxylation is 2. The third kappa shape index (κ3) is 3.13. The molecule has 3 heterocycles. The third-order valence-corrected chi connectivity index (χ3v) is 4.81. The number of carboxylic acid groups (broad SMARTS) is 1. The molecule has 0 radical (unpaired) electrons. The number of methoxy groups -OCH3 is 1. The predicted molar refractivity (Wildman–Crippen MR) is 106 cm³/mol. The van der Waals surface area contributed by atoms with Gasteiger partial charge in [0, 0.05) is 35.8 Å². The zero-order chi connectivity index (χ0) is 19.8. The summed E-state index contributed by atoms with van der Waals surface area (Å²) in [6, 6.07) is 9.63. The molecule has 0 aliphatic carbocycles. The molecular weight excluding hydrogens is 358 g/mol. The van der Waals surface area contributed by atoms with Crippen LogP contribution in [0.15, 0.2) is 36.5 Å². The summed E-state index contributed by atoms with van der Waals surface area (Å²) in [7, 11) is 1.66. The first-order valence-corrected chi connectivity index (χ1v) is 8.95. The molecule has 2 N–H and O–H groups in total. The van der Waals surface area contributed by atoms with Gasteiger partial charge in [0.05, 0.1) is 12.8 Å². The Bertz CT molecular complexity index is 1060. The number of pyridine rings is 1. The fourth-order valence-corrected chi connectivity index (χ4v) is 3.59. The molecule has 2 aromatic heterocycles. The summed E-state index contributed by atoms with van der Waals surface area (Å²) in [5, 5.41) is 15.5. The average Bonchev–Trinajstić information content (AvgIpc) is 3.27. The molecule has 3 aromatic rings. The quantitative estimate of drug-likeness (QED) is 0.718. The molecule has 0 saturated carbocycles. The number of aromatic nitrogens is 3. The Labute approximate surface area is 162 Å². The van der Waals surface area contributed by atoms with Crippen molar-refractivity contribution in [2.45, 2.75) is 20.3 Å². The summed E-state index contributed by atoms with van der Waals surface area (Å²) in [5.74, 6) is 2.02. The van der Waals surface area contributed by atoms with Crippen molar-refractivity contribution in [2.24, 2.45) is 0 Å². The van der Waals surface area contributed by atoms with Gasteiger partial charge in [-0.1, -0.05) is 0 Å². The second-order valence-electron chi connectivity index (χ2n) is 6.71. The second kappa shape index (κ2) is 6.88. The average molecular weight is 379 g/mol. The van der Waals surface area contributed by atoms with Gasteiger partial charge in [0.15, 0.2) is 5.82 Å². The smallest absolute Gasteiger partial charge is 0.410 e. The van der Waals surface area contributed by atoms with E-state index in [4.69, 9.17) is 14.8 Å². The normalized spacial score (nSPS) is 12.8. The van der Waals surface area contributed by atoms with Gasteiger partial charge in [-0.2, -0.15) is 0 Å². The van der Waals surface area contributed by atoms with Gasteiger partial charge in [0.1, 0.15) is 11.6 Å². The van der Waals surface area contributed by atoms with Crippen LogP contribution in [0.5, 0.6) is 5.75 Å². The van der Waals surface area contributed by atoms with Crippen LogP contribution in [0.1, 0.15) is 16.8 Å². The third-order valence-electron chi connectivity index (χ3n) is 4.81. The van der Waals surface area contributed by atoms with Crippen LogP contribution in [0.3, 0.4) is 0 Å².